The summed E-state index contributed by atoms with van der Waals surface area (Å²) in [6, 6.07) is 14.2. The van der Waals surface area contributed by atoms with Crippen LogP contribution in [0.15, 0.2) is 48.5 Å². The Morgan fingerprint density at radius 2 is 1.54 bits per heavy atom. The number of halogens is 3. The molecule has 140 valence electrons. The smallest absolute Gasteiger partial charge is 0.123 e. The Hall–Kier alpha value is -1.49. The second kappa shape index (κ2) is 7.26. The number of rotatable bonds is 3. The maximum atomic E-state index is 13.5. The van der Waals surface area contributed by atoms with Crippen molar-refractivity contribution < 1.29 is 13.5 Å². The van der Waals surface area contributed by atoms with Gasteiger partial charge in [-0.25, -0.2) is 8.78 Å². The third-order valence-electron chi connectivity index (χ3n) is 6.25. The van der Waals surface area contributed by atoms with Crippen molar-refractivity contribution in [3.63, 3.8) is 0 Å². The van der Waals surface area contributed by atoms with Gasteiger partial charge in [0.1, 0.15) is 17.2 Å². The number of fused-ring (bicyclic) bond motifs is 2. The second-order valence-corrected chi connectivity index (χ2v) is 7.30. The SMILES string of the molecule is COC1(c2ccc(F)cc2)CC2CCC(C1c1ccc(F)cc1)N2C.Cl. The van der Waals surface area contributed by atoms with Crippen molar-refractivity contribution in [2.45, 2.75) is 42.9 Å². The van der Waals surface area contributed by atoms with Gasteiger partial charge in [-0.05, 0) is 61.7 Å². The van der Waals surface area contributed by atoms with E-state index in [9.17, 15) is 8.78 Å². The normalized spacial score (nSPS) is 30.8. The molecule has 0 aromatic heterocycles. The van der Waals surface area contributed by atoms with Crippen molar-refractivity contribution in [2.24, 2.45) is 0 Å². The molecule has 2 saturated heterocycles. The van der Waals surface area contributed by atoms with Gasteiger partial charge in [-0.3, -0.25) is 4.90 Å². The Balaban J connectivity index is 0.00000196. The van der Waals surface area contributed by atoms with Gasteiger partial charge >= 0.3 is 0 Å². The van der Waals surface area contributed by atoms with Crippen molar-refractivity contribution in [1.29, 1.82) is 0 Å². The Morgan fingerprint density at radius 1 is 0.962 bits per heavy atom. The van der Waals surface area contributed by atoms with E-state index < -0.39 is 5.60 Å². The largest absolute Gasteiger partial charge is 0.373 e. The van der Waals surface area contributed by atoms with Crippen LogP contribution in [-0.4, -0.2) is 31.1 Å². The molecule has 2 aliphatic heterocycles. The topological polar surface area (TPSA) is 12.5 Å². The van der Waals surface area contributed by atoms with Gasteiger partial charge in [-0.2, -0.15) is 0 Å². The van der Waals surface area contributed by atoms with E-state index in [1.807, 2.05) is 24.3 Å². The molecule has 4 rings (SSSR count). The zero-order valence-electron chi connectivity index (χ0n) is 15.0. The summed E-state index contributed by atoms with van der Waals surface area (Å²) >= 11 is 0. The minimum absolute atomic E-state index is 0. The summed E-state index contributed by atoms with van der Waals surface area (Å²) in [6.07, 6.45) is 3.07. The first-order valence-electron chi connectivity index (χ1n) is 8.84. The minimum atomic E-state index is -0.524. The third kappa shape index (κ3) is 2.94. The van der Waals surface area contributed by atoms with E-state index in [1.165, 1.54) is 24.3 Å². The molecule has 2 heterocycles. The first-order valence-corrected chi connectivity index (χ1v) is 8.84. The first-order chi connectivity index (χ1) is 12.0. The molecule has 0 saturated carbocycles. The lowest BCUT2D eigenvalue weighted by molar-refractivity contribution is -0.100. The lowest BCUT2D eigenvalue weighted by atomic mass is 9.69. The standard InChI is InChI=1S/C21H23F2NO.ClH/c1-24-18-11-12-19(24)20(14-3-7-16(22)8-4-14)21(13-18,25-2)15-5-9-17(23)10-6-15;/h3-10,18-20H,11-13H2,1-2H3;1H. The molecule has 5 heteroatoms. The van der Waals surface area contributed by atoms with E-state index in [0.29, 0.717) is 12.1 Å². The first kappa shape index (κ1) is 19.3. The molecule has 4 atom stereocenters. The molecule has 26 heavy (non-hydrogen) atoms. The van der Waals surface area contributed by atoms with Gasteiger partial charge in [0, 0.05) is 25.1 Å². The van der Waals surface area contributed by atoms with Crippen LogP contribution in [0.4, 0.5) is 8.78 Å². The molecule has 0 radical (unpaired) electrons. The van der Waals surface area contributed by atoms with Crippen molar-refractivity contribution in [3.05, 3.63) is 71.3 Å². The quantitative estimate of drug-likeness (QED) is 0.753. The molecule has 2 aromatic carbocycles. The molecular formula is C21H24ClF2NO. The van der Waals surface area contributed by atoms with Crippen LogP contribution in [0.25, 0.3) is 0 Å². The van der Waals surface area contributed by atoms with E-state index in [-0.39, 0.29) is 30.0 Å². The van der Waals surface area contributed by atoms with Gasteiger partial charge < -0.3 is 4.74 Å². The monoisotopic (exact) mass is 379 g/mol. The fourth-order valence-electron chi connectivity index (χ4n) is 5.00. The Labute approximate surface area is 159 Å². The highest BCUT2D eigenvalue weighted by Gasteiger charge is 2.55. The molecule has 0 amide bonds. The molecule has 4 unspecified atom stereocenters. The Kier molecular flexibility index (Phi) is 5.38. The van der Waals surface area contributed by atoms with E-state index >= 15 is 0 Å². The van der Waals surface area contributed by atoms with Crippen molar-refractivity contribution in [3.8, 4) is 0 Å². The van der Waals surface area contributed by atoms with Crippen LogP contribution in [-0.2, 0) is 10.3 Å². The fourth-order valence-corrected chi connectivity index (χ4v) is 5.00. The predicted octanol–water partition coefficient (Wildman–Crippen LogP) is 4.88. The van der Waals surface area contributed by atoms with Crippen molar-refractivity contribution >= 4 is 12.4 Å². The molecule has 0 aliphatic carbocycles. The second-order valence-electron chi connectivity index (χ2n) is 7.30. The number of nitrogens with zero attached hydrogens (tertiary/aromatic N) is 1. The number of hydrogen-bond donors (Lipinski definition) is 0. The summed E-state index contributed by atoms with van der Waals surface area (Å²) < 4.78 is 33.1. The summed E-state index contributed by atoms with van der Waals surface area (Å²) in [5.41, 5.74) is 1.55. The Morgan fingerprint density at radius 3 is 2.12 bits per heavy atom. The highest BCUT2D eigenvalue weighted by atomic mass is 35.5. The lowest BCUT2D eigenvalue weighted by Crippen LogP contribution is -2.54. The van der Waals surface area contributed by atoms with Crippen LogP contribution in [0.3, 0.4) is 0 Å². The van der Waals surface area contributed by atoms with E-state index in [4.69, 9.17) is 4.74 Å². The molecule has 2 fully saturated rings. The lowest BCUT2D eigenvalue weighted by Gasteiger charge is -2.51. The maximum absolute atomic E-state index is 13.5. The summed E-state index contributed by atoms with van der Waals surface area (Å²) in [4.78, 5) is 2.44. The van der Waals surface area contributed by atoms with Crippen molar-refractivity contribution in [1.82, 2.24) is 4.90 Å². The molecule has 0 N–H and O–H groups in total. The summed E-state index contributed by atoms with van der Waals surface area (Å²) in [5.74, 6) is -0.404. The summed E-state index contributed by atoms with van der Waals surface area (Å²) in [5, 5.41) is 0. The predicted molar refractivity (Wildman–Crippen MR) is 101 cm³/mol. The van der Waals surface area contributed by atoms with E-state index in [0.717, 1.165) is 30.4 Å². The Bertz CT molecular complexity index is 752. The van der Waals surface area contributed by atoms with Crippen LogP contribution in [0.5, 0.6) is 0 Å². The van der Waals surface area contributed by atoms with Crippen LogP contribution in [0.2, 0.25) is 0 Å². The zero-order chi connectivity index (χ0) is 17.6. The molecule has 2 nitrogen and oxygen atoms in total. The molecule has 0 spiro atoms. The van der Waals surface area contributed by atoms with Crippen LogP contribution in [0, 0.1) is 11.6 Å². The molecule has 2 aromatic rings. The van der Waals surface area contributed by atoms with Gasteiger partial charge in [0.05, 0.1) is 0 Å². The highest BCUT2D eigenvalue weighted by molar-refractivity contribution is 5.85. The highest BCUT2D eigenvalue weighted by Crippen LogP contribution is 2.55. The van der Waals surface area contributed by atoms with Gasteiger partial charge in [0.2, 0.25) is 0 Å². The molecular weight excluding hydrogens is 356 g/mol. The van der Waals surface area contributed by atoms with Crippen LogP contribution < -0.4 is 0 Å². The number of hydrogen-bond acceptors (Lipinski definition) is 2. The maximum Gasteiger partial charge on any atom is 0.123 e. The van der Waals surface area contributed by atoms with E-state index in [2.05, 4.69) is 11.9 Å². The average molecular weight is 380 g/mol. The summed E-state index contributed by atoms with van der Waals surface area (Å²) in [6.45, 7) is 0. The number of ether oxygens (including phenoxy) is 1. The number of piperidine rings is 1. The minimum Gasteiger partial charge on any atom is -0.373 e. The van der Waals surface area contributed by atoms with Gasteiger partial charge in [-0.1, -0.05) is 24.3 Å². The van der Waals surface area contributed by atoms with Gasteiger partial charge in [-0.15, -0.1) is 12.4 Å². The molecule has 2 bridgehead atoms. The zero-order valence-corrected chi connectivity index (χ0v) is 15.8. The van der Waals surface area contributed by atoms with E-state index in [1.54, 1.807) is 7.11 Å². The fraction of sp³-hybridized carbons (Fsp3) is 0.429. The summed E-state index contributed by atoms with van der Waals surface area (Å²) in [7, 11) is 3.91. The number of likely N-dealkylation sites (N-methyl/N-ethyl adjacent to an activating group) is 1. The average Bonchev–Trinajstić information content (AvgIpc) is 2.87. The van der Waals surface area contributed by atoms with Gasteiger partial charge in [0.25, 0.3) is 0 Å². The third-order valence-corrected chi connectivity index (χ3v) is 6.25. The molecule has 2 aliphatic rings. The van der Waals surface area contributed by atoms with Crippen molar-refractivity contribution in [2.75, 3.05) is 14.2 Å². The van der Waals surface area contributed by atoms with Crippen LogP contribution in [0.1, 0.15) is 36.3 Å². The van der Waals surface area contributed by atoms with Gasteiger partial charge in [0.15, 0.2) is 0 Å². The number of benzene rings is 2. The number of methoxy groups -OCH3 is 1. The van der Waals surface area contributed by atoms with Crippen LogP contribution >= 0.6 is 12.4 Å².